The number of halogens is 2. The number of hydrogen-bond donors (Lipinski definition) is 2. The van der Waals surface area contributed by atoms with Crippen molar-refractivity contribution in [3.05, 3.63) is 57.8 Å². The maximum absolute atomic E-state index is 12.0. The maximum Gasteiger partial charge on any atom is 0.220 e. The Balaban J connectivity index is 0.00000169. The summed E-state index contributed by atoms with van der Waals surface area (Å²) in [5.74, 6) is 0.0922. The number of nitrogens with zero attached hydrogens (tertiary/aromatic N) is 1. The Morgan fingerprint density at radius 1 is 1.23 bits per heavy atom. The van der Waals surface area contributed by atoms with E-state index in [9.17, 15) is 4.79 Å². The number of carbonyl (C=O) groups excluding carboxylic acids is 1. The third kappa shape index (κ3) is 5.96. The van der Waals surface area contributed by atoms with Crippen LogP contribution in [0.1, 0.15) is 34.9 Å². The summed E-state index contributed by atoms with van der Waals surface area (Å²) in [5.41, 5.74) is 8.18. The van der Waals surface area contributed by atoms with Crippen LogP contribution in [-0.2, 0) is 17.8 Å². The van der Waals surface area contributed by atoms with Gasteiger partial charge in [0.05, 0.1) is 6.04 Å². The lowest BCUT2D eigenvalue weighted by Gasteiger charge is -2.35. The molecule has 0 bridgehead atoms. The second kappa shape index (κ2) is 11.6. The zero-order chi connectivity index (χ0) is 16.8. The van der Waals surface area contributed by atoms with Gasteiger partial charge in [-0.25, -0.2) is 0 Å². The Kier molecular flexibility index (Phi) is 10.2. The molecule has 0 saturated carbocycles. The first kappa shape index (κ1) is 22.9. The van der Waals surface area contributed by atoms with E-state index in [1.807, 2.05) is 17.4 Å². The van der Waals surface area contributed by atoms with Gasteiger partial charge in [-0.05, 0) is 42.0 Å². The molecule has 26 heavy (non-hydrogen) atoms. The van der Waals surface area contributed by atoms with Gasteiger partial charge < -0.3 is 11.1 Å². The molecule has 1 unspecified atom stereocenters. The van der Waals surface area contributed by atoms with E-state index in [0.717, 1.165) is 25.9 Å². The van der Waals surface area contributed by atoms with E-state index in [1.54, 1.807) is 0 Å². The van der Waals surface area contributed by atoms with Gasteiger partial charge in [0.2, 0.25) is 5.91 Å². The fraction of sp³-hybridized carbons (Fsp3) is 0.421. The number of nitrogens with one attached hydrogen (secondary N) is 1. The average molecular weight is 416 g/mol. The molecule has 1 amide bonds. The van der Waals surface area contributed by atoms with Crippen molar-refractivity contribution in [3.63, 3.8) is 0 Å². The van der Waals surface area contributed by atoms with Crippen molar-refractivity contribution >= 4 is 42.1 Å². The fourth-order valence-electron chi connectivity index (χ4n) is 3.23. The van der Waals surface area contributed by atoms with E-state index < -0.39 is 0 Å². The van der Waals surface area contributed by atoms with E-state index in [0.29, 0.717) is 19.5 Å². The highest BCUT2D eigenvalue weighted by molar-refractivity contribution is 7.10. The number of amides is 1. The summed E-state index contributed by atoms with van der Waals surface area (Å²) in [6, 6.07) is 12.9. The van der Waals surface area contributed by atoms with E-state index in [4.69, 9.17) is 5.73 Å². The number of thiophene rings is 1. The summed E-state index contributed by atoms with van der Waals surface area (Å²) in [6.07, 6.45) is 2.34. The quantitative estimate of drug-likeness (QED) is 0.726. The van der Waals surface area contributed by atoms with E-state index in [2.05, 4.69) is 45.9 Å². The Hall–Kier alpha value is -1.11. The largest absolute Gasteiger partial charge is 0.354 e. The smallest absolute Gasteiger partial charge is 0.220 e. The second-order valence-electron chi connectivity index (χ2n) is 6.21. The molecular formula is C19H27Cl2N3OS. The predicted octanol–water partition coefficient (Wildman–Crippen LogP) is 3.55. The SMILES string of the molecule is Cl.Cl.NCCCC(=O)NCC(c1ccccc1)N1CCc2sccc2C1. The molecule has 0 spiro atoms. The monoisotopic (exact) mass is 415 g/mol. The van der Waals surface area contributed by atoms with Crippen LogP contribution >= 0.6 is 36.2 Å². The summed E-state index contributed by atoms with van der Waals surface area (Å²) in [7, 11) is 0. The van der Waals surface area contributed by atoms with Crippen LogP contribution in [0.3, 0.4) is 0 Å². The molecule has 144 valence electrons. The average Bonchev–Trinajstić information content (AvgIpc) is 3.09. The molecule has 1 aliphatic heterocycles. The van der Waals surface area contributed by atoms with Crippen molar-refractivity contribution in [2.45, 2.75) is 31.8 Å². The molecule has 2 aromatic rings. The second-order valence-corrected chi connectivity index (χ2v) is 7.21. The molecule has 7 heteroatoms. The van der Waals surface area contributed by atoms with Gasteiger partial charge >= 0.3 is 0 Å². The summed E-state index contributed by atoms with van der Waals surface area (Å²) in [5, 5.41) is 5.28. The fourth-order valence-corrected chi connectivity index (χ4v) is 4.12. The van der Waals surface area contributed by atoms with Crippen molar-refractivity contribution < 1.29 is 4.79 Å². The first-order valence-corrected chi connectivity index (χ1v) is 9.47. The van der Waals surface area contributed by atoms with Crippen molar-refractivity contribution in [2.24, 2.45) is 5.73 Å². The minimum absolute atomic E-state index is 0. The summed E-state index contributed by atoms with van der Waals surface area (Å²) < 4.78 is 0. The minimum Gasteiger partial charge on any atom is -0.354 e. The van der Waals surface area contributed by atoms with Crippen LogP contribution in [0, 0.1) is 0 Å². The van der Waals surface area contributed by atoms with Crippen LogP contribution in [0.15, 0.2) is 41.8 Å². The van der Waals surface area contributed by atoms with Gasteiger partial charge in [0, 0.05) is 30.9 Å². The van der Waals surface area contributed by atoms with Crippen molar-refractivity contribution in [1.29, 1.82) is 0 Å². The predicted molar refractivity (Wildman–Crippen MR) is 113 cm³/mol. The van der Waals surface area contributed by atoms with Crippen molar-refractivity contribution in [3.8, 4) is 0 Å². The van der Waals surface area contributed by atoms with E-state index >= 15 is 0 Å². The molecule has 0 radical (unpaired) electrons. The zero-order valence-corrected chi connectivity index (χ0v) is 17.2. The first-order valence-electron chi connectivity index (χ1n) is 8.59. The topological polar surface area (TPSA) is 58.4 Å². The Bertz CT molecular complexity index is 666. The highest BCUT2D eigenvalue weighted by atomic mass is 35.5. The minimum atomic E-state index is 0. The molecule has 1 atom stereocenters. The number of carbonyl (C=O) groups is 1. The van der Waals surface area contributed by atoms with Crippen LogP contribution < -0.4 is 11.1 Å². The third-order valence-electron chi connectivity index (χ3n) is 4.56. The lowest BCUT2D eigenvalue weighted by atomic mass is 10.0. The van der Waals surface area contributed by atoms with Gasteiger partial charge in [-0.2, -0.15) is 0 Å². The van der Waals surface area contributed by atoms with Crippen LogP contribution in [0.2, 0.25) is 0 Å². The standard InChI is InChI=1S/C19H25N3OS.2ClH/c20-10-4-7-19(23)21-13-17(15-5-2-1-3-6-15)22-11-8-18-16(14-22)9-12-24-18;;/h1-3,5-6,9,12,17H,4,7-8,10-11,13-14,20H2,(H,21,23);2*1H. The van der Waals surface area contributed by atoms with Crippen molar-refractivity contribution in [1.82, 2.24) is 10.2 Å². The molecule has 0 saturated heterocycles. The Labute approximate surface area is 172 Å². The lowest BCUT2D eigenvalue weighted by Crippen LogP contribution is -2.40. The van der Waals surface area contributed by atoms with Gasteiger partial charge in [0.15, 0.2) is 0 Å². The molecule has 3 rings (SSSR count). The molecule has 2 heterocycles. The van der Waals surface area contributed by atoms with Gasteiger partial charge in [-0.15, -0.1) is 36.2 Å². The molecule has 1 aromatic carbocycles. The molecule has 4 nitrogen and oxygen atoms in total. The van der Waals surface area contributed by atoms with Crippen LogP contribution in [0.5, 0.6) is 0 Å². The highest BCUT2D eigenvalue weighted by Crippen LogP contribution is 2.30. The normalized spacial score (nSPS) is 14.5. The number of nitrogens with two attached hydrogens (primary N) is 1. The summed E-state index contributed by atoms with van der Waals surface area (Å²) >= 11 is 1.85. The lowest BCUT2D eigenvalue weighted by molar-refractivity contribution is -0.121. The molecule has 1 aliphatic rings. The molecule has 0 aliphatic carbocycles. The number of benzene rings is 1. The molecular weight excluding hydrogens is 389 g/mol. The highest BCUT2D eigenvalue weighted by Gasteiger charge is 2.25. The van der Waals surface area contributed by atoms with Crippen LogP contribution in [0.4, 0.5) is 0 Å². The van der Waals surface area contributed by atoms with Gasteiger partial charge in [0.25, 0.3) is 0 Å². The zero-order valence-electron chi connectivity index (χ0n) is 14.7. The Morgan fingerprint density at radius 2 is 2.00 bits per heavy atom. The number of rotatable bonds is 7. The van der Waals surface area contributed by atoms with Crippen LogP contribution in [-0.4, -0.2) is 30.4 Å². The maximum atomic E-state index is 12.0. The van der Waals surface area contributed by atoms with E-state index in [-0.39, 0.29) is 36.8 Å². The number of hydrogen-bond acceptors (Lipinski definition) is 4. The molecule has 0 fully saturated rings. The van der Waals surface area contributed by atoms with Gasteiger partial charge in [0.1, 0.15) is 0 Å². The first-order chi connectivity index (χ1) is 11.8. The van der Waals surface area contributed by atoms with Gasteiger partial charge in [-0.3, -0.25) is 9.69 Å². The van der Waals surface area contributed by atoms with Crippen LogP contribution in [0.25, 0.3) is 0 Å². The summed E-state index contributed by atoms with van der Waals surface area (Å²) in [4.78, 5) is 16.0. The van der Waals surface area contributed by atoms with E-state index in [1.165, 1.54) is 16.0 Å². The van der Waals surface area contributed by atoms with Crippen molar-refractivity contribution in [2.75, 3.05) is 19.6 Å². The Morgan fingerprint density at radius 3 is 2.73 bits per heavy atom. The third-order valence-corrected chi connectivity index (χ3v) is 5.59. The van der Waals surface area contributed by atoms with Gasteiger partial charge in [-0.1, -0.05) is 30.3 Å². The summed E-state index contributed by atoms with van der Waals surface area (Å²) in [6.45, 7) is 3.19. The number of fused-ring (bicyclic) bond motifs is 1. The molecule has 1 aromatic heterocycles. The molecule has 3 N–H and O–H groups in total.